The smallest absolute Gasteiger partial charge is 0.224 e. The third-order valence-electron chi connectivity index (χ3n) is 4.99. The van der Waals surface area contributed by atoms with E-state index in [4.69, 9.17) is 4.98 Å². The molecule has 0 saturated carbocycles. The number of carbonyl (C=O) groups is 1. The van der Waals surface area contributed by atoms with Gasteiger partial charge in [0.15, 0.2) is 0 Å². The Kier molecular flexibility index (Phi) is 4.48. The van der Waals surface area contributed by atoms with Gasteiger partial charge < -0.3 is 10.3 Å². The first-order chi connectivity index (χ1) is 14.7. The van der Waals surface area contributed by atoms with Crippen molar-refractivity contribution in [3.8, 4) is 22.6 Å². The molecule has 0 aliphatic carbocycles. The summed E-state index contributed by atoms with van der Waals surface area (Å²) in [5.74, 6) is -0.0178. The Morgan fingerprint density at radius 2 is 1.97 bits per heavy atom. The molecule has 4 heterocycles. The van der Waals surface area contributed by atoms with Gasteiger partial charge in [0.2, 0.25) is 5.91 Å². The van der Waals surface area contributed by atoms with E-state index in [9.17, 15) is 4.79 Å². The minimum absolute atomic E-state index is 0.0178. The van der Waals surface area contributed by atoms with E-state index >= 15 is 0 Å². The first-order valence-corrected chi connectivity index (χ1v) is 9.90. The molecule has 5 aromatic rings. The van der Waals surface area contributed by atoms with Crippen molar-refractivity contribution >= 4 is 33.5 Å². The standard InChI is InChI=1S/C23H20N6O/c1-2-5-21(30)25-16-10-15(12-24-13-16)18-8-9-19-22(27-18)23(29-28-19)20-11-14-6-3-4-7-17(14)26-20/h3-4,6-13,26H,2,5H2,1H3,(H,25,30)(H,28,29). The summed E-state index contributed by atoms with van der Waals surface area (Å²) in [6, 6.07) is 16.0. The summed E-state index contributed by atoms with van der Waals surface area (Å²) in [7, 11) is 0. The monoisotopic (exact) mass is 396 g/mol. The van der Waals surface area contributed by atoms with Crippen molar-refractivity contribution < 1.29 is 4.79 Å². The summed E-state index contributed by atoms with van der Waals surface area (Å²) in [4.78, 5) is 24.4. The molecule has 0 aliphatic heterocycles. The van der Waals surface area contributed by atoms with E-state index in [1.165, 1.54) is 0 Å². The van der Waals surface area contributed by atoms with Crippen LogP contribution in [0.2, 0.25) is 0 Å². The summed E-state index contributed by atoms with van der Waals surface area (Å²) in [6.07, 6.45) is 4.67. The van der Waals surface area contributed by atoms with Crippen molar-refractivity contribution in [2.24, 2.45) is 0 Å². The highest BCUT2D eigenvalue weighted by atomic mass is 16.1. The molecule has 5 rings (SSSR count). The number of fused-ring (bicyclic) bond motifs is 2. The molecule has 0 fully saturated rings. The Morgan fingerprint density at radius 1 is 1.07 bits per heavy atom. The van der Waals surface area contributed by atoms with Crippen LogP contribution in [0.1, 0.15) is 19.8 Å². The third kappa shape index (κ3) is 3.30. The van der Waals surface area contributed by atoms with Crippen molar-refractivity contribution in [2.45, 2.75) is 19.8 Å². The Labute approximate surface area is 172 Å². The SMILES string of the molecule is CCCC(=O)Nc1cncc(-c2ccc3[nH]nc(-c4cc5ccccc5[nH]4)c3n2)c1. The normalized spacial score (nSPS) is 11.2. The fourth-order valence-electron chi connectivity index (χ4n) is 3.55. The van der Waals surface area contributed by atoms with Crippen LogP contribution in [-0.2, 0) is 4.79 Å². The lowest BCUT2D eigenvalue weighted by Crippen LogP contribution is -2.10. The van der Waals surface area contributed by atoms with Crippen LogP contribution in [0.15, 0.2) is 60.9 Å². The molecule has 0 radical (unpaired) electrons. The number of H-pyrrole nitrogens is 2. The van der Waals surface area contributed by atoms with E-state index in [1.54, 1.807) is 12.4 Å². The topological polar surface area (TPSA) is 99.4 Å². The molecular weight excluding hydrogens is 376 g/mol. The van der Waals surface area contributed by atoms with Gasteiger partial charge in [-0.2, -0.15) is 5.10 Å². The van der Waals surface area contributed by atoms with E-state index in [-0.39, 0.29) is 5.91 Å². The Hall–Kier alpha value is -4.00. The van der Waals surface area contributed by atoms with Gasteiger partial charge >= 0.3 is 0 Å². The molecule has 7 nitrogen and oxygen atoms in total. The summed E-state index contributed by atoms with van der Waals surface area (Å²) in [6.45, 7) is 1.98. The molecule has 0 bridgehead atoms. The molecule has 3 N–H and O–H groups in total. The zero-order valence-electron chi connectivity index (χ0n) is 16.4. The quantitative estimate of drug-likeness (QED) is 0.393. The second-order valence-electron chi connectivity index (χ2n) is 7.20. The third-order valence-corrected chi connectivity index (χ3v) is 4.99. The van der Waals surface area contributed by atoms with E-state index in [1.807, 2.05) is 43.3 Å². The molecule has 0 unspecified atom stereocenters. The number of pyridine rings is 2. The molecular formula is C23H20N6O. The number of anilines is 1. The maximum Gasteiger partial charge on any atom is 0.224 e. The summed E-state index contributed by atoms with van der Waals surface area (Å²) >= 11 is 0. The molecule has 0 atom stereocenters. The molecule has 4 aromatic heterocycles. The van der Waals surface area contributed by atoms with Crippen LogP contribution in [0.4, 0.5) is 5.69 Å². The van der Waals surface area contributed by atoms with Gasteiger partial charge in [-0.25, -0.2) is 4.98 Å². The van der Waals surface area contributed by atoms with E-state index < -0.39 is 0 Å². The molecule has 1 amide bonds. The highest BCUT2D eigenvalue weighted by Crippen LogP contribution is 2.29. The molecule has 7 heteroatoms. The molecule has 0 aliphatic rings. The molecule has 30 heavy (non-hydrogen) atoms. The summed E-state index contributed by atoms with van der Waals surface area (Å²) in [5, 5.41) is 11.5. The number of amides is 1. The predicted molar refractivity (Wildman–Crippen MR) is 118 cm³/mol. The average Bonchev–Trinajstić information content (AvgIpc) is 3.37. The first-order valence-electron chi connectivity index (χ1n) is 9.90. The predicted octanol–water partition coefficient (Wildman–Crippen LogP) is 4.91. The van der Waals surface area contributed by atoms with Gasteiger partial charge in [0.1, 0.15) is 11.2 Å². The first kappa shape index (κ1) is 18.1. The highest BCUT2D eigenvalue weighted by Gasteiger charge is 2.14. The molecule has 0 spiro atoms. The van der Waals surface area contributed by atoms with Crippen molar-refractivity contribution in [3.05, 3.63) is 60.9 Å². The number of aromatic nitrogens is 5. The van der Waals surface area contributed by atoms with Gasteiger partial charge in [0, 0.05) is 29.1 Å². The number of nitrogens with zero attached hydrogens (tertiary/aromatic N) is 3. The lowest BCUT2D eigenvalue weighted by molar-refractivity contribution is -0.116. The lowest BCUT2D eigenvalue weighted by Gasteiger charge is -2.06. The lowest BCUT2D eigenvalue weighted by atomic mass is 10.1. The fourth-order valence-corrected chi connectivity index (χ4v) is 3.55. The van der Waals surface area contributed by atoms with E-state index in [0.717, 1.165) is 51.0 Å². The second-order valence-corrected chi connectivity index (χ2v) is 7.20. The Bertz CT molecular complexity index is 1330. The van der Waals surface area contributed by atoms with Crippen molar-refractivity contribution in [2.75, 3.05) is 5.32 Å². The van der Waals surface area contributed by atoms with Crippen LogP contribution in [0, 0.1) is 0 Å². The number of hydrogen-bond donors (Lipinski definition) is 3. The van der Waals surface area contributed by atoms with Crippen LogP contribution in [0.25, 0.3) is 44.6 Å². The van der Waals surface area contributed by atoms with Gasteiger partial charge in [-0.05, 0) is 36.8 Å². The number of rotatable bonds is 5. The zero-order chi connectivity index (χ0) is 20.5. The van der Waals surface area contributed by atoms with Crippen molar-refractivity contribution in [3.63, 3.8) is 0 Å². The van der Waals surface area contributed by atoms with Crippen LogP contribution in [0.3, 0.4) is 0 Å². The van der Waals surface area contributed by atoms with Gasteiger partial charge in [0.05, 0.1) is 28.8 Å². The van der Waals surface area contributed by atoms with Gasteiger partial charge in [-0.3, -0.25) is 14.9 Å². The van der Waals surface area contributed by atoms with Gasteiger partial charge in [-0.1, -0.05) is 25.1 Å². The molecule has 0 saturated heterocycles. The Morgan fingerprint density at radius 3 is 2.83 bits per heavy atom. The molecule has 1 aromatic carbocycles. The van der Waals surface area contributed by atoms with Gasteiger partial charge in [-0.15, -0.1) is 0 Å². The second kappa shape index (κ2) is 7.44. The average molecular weight is 396 g/mol. The number of aromatic amines is 2. The fraction of sp³-hybridized carbons (Fsp3) is 0.130. The summed E-state index contributed by atoms with van der Waals surface area (Å²) < 4.78 is 0. The van der Waals surface area contributed by atoms with Crippen LogP contribution in [-0.4, -0.2) is 31.1 Å². The van der Waals surface area contributed by atoms with Crippen LogP contribution < -0.4 is 5.32 Å². The number of carbonyl (C=O) groups excluding carboxylic acids is 1. The Balaban J connectivity index is 1.54. The van der Waals surface area contributed by atoms with Crippen LogP contribution in [0.5, 0.6) is 0 Å². The van der Waals surface area contributed by atoms with Crippen molar-refractivity contribution in [1.29, 1.82) is 0 Å². The maximum atomic E-state index is 11.9. The van der Waals surface area contributed by atoms with Crippen LogP contribution >= 0.6 is 0 Å². The minimum atomic E-state index is -0.0178. The number of hydrogen-bond acceptors (Lipinski definition) is 4. The maximum absolute atomic E-state index is 11.9. The van der Waals surface area contributed by atoms with E-state index in [0.29, 0.717) is 12.1 Å². The van der Waals surface area contributed by atoms with Gasteiger partial charge in [0.25, 0.3) is 0 Å². The largest absolute Gasteiger partial charge is 0.353 e. The number of benzene rings is 1. The summed E-state index contributed by atoms with van der Waals surface area (Å²) in [5.41, 5.74) is 6.62. The molecule has 148 valence electrons. The number of para-hydroxylation sites is 1. The highest BCUT2D eigenvalue weighted by molar-refractivity contribution is 5.94. The minimum Gasteiger partial charge on any atom is -0.353 e. The van der Waals surface area contributed by atoms with E-state index in [2.05, 4.69) is 37.6 Å². The number of nitrogens with one attached hydrogen (secondary N) is 3. The van der Waals surface area contributed by atoms with Crippen molar-refractivity contribution in [1.82, 2.24) is 25.1 Å². The zero-order valence-corrected chi connectivity index (χ0v) is 16.4.